The number of fused-ring (bicyclic) bond motifs is 1. The molecule has 4 rings (SSSR count). The Morgan fingerprint density at radius 1 is 1.38 bits per heavy atom. The Kier molecular flexibility index (Phi) is 5.17. The summed E-state index contributed by atoms with van der Waals surface area (Å²) in [5.41, 5.74) is 0.814. The standard InChI is InChI=1S/C19H20FN3OS2/c20-14-5-6-16-17(11-14)26-19(22-16)23-9-1-3-13(12-23)18(24)21-8-7-15-4-2-10-25-15/h2,4-6,10-11,13H,1,3,7-9,12H2,(H,21,24). The lowest BCUT2D eigenvalue weighted by molar-refractivity contribution is -0.125. The van der Waals surface area contributed by atoms with E-state index in [2.05, 4.69) is 26.6 Å². The number of aromatic nitrogens is 1. The number of anilines is 1. The highest BCUT2D eigenvalue weighted by Crippen LogP contribution is 2.32. The van der Waals surface area contributed by atoms with Gasteiger partial charge in [-0.15, -0.1) is 11.3 Å². The summed E-state index contributed by atoms with van der Waals surface area (Å²) in [4.78, 5) is 20.6. The van der Waals surface area contributed by atoms with E-state index in [-0.39, 0.29) is 17.6 Å². The number of carbonyl (C=O) groups is 1. The number of nitrogens with one attached hydrogen (secondary N) is 1. The summed E-state index contributed by atoms with van der Waals surface area (Å²) >= 11 is 3.21. The Morgan fingerprint density at radius 2 is 2.31 bits per heavy atom. The van der Waals surface area contributed by atoms with Gasteiger partial charge in [0.15, 0.2) is 5.13 Å². The predicted molar refractivity (Wildman–Crippen MR) is 106 cm³/mol. The van der Waals surface area contributed by atoms with E-state index < -0.39 is 0 Å². The fraction of sp³-hybridized carbons (Fsp3) is 0.368. The second kappa shape index (κ2) is 7.72. The van der Waals surface area contributed by atoms with Crippen molar-refractivity contribution in [2.45, 2.75) is 19.3 Å². The monoisotopic (exact) mass is 389 g/mol. The summed E-state index contributed by atoms with van der Waals surface area (Å²) in [6, 6.07) is 8.80. The lowest BCUT2D eigenvalue weighted by Crippen LogP contribution is -2.43. The normalized spacial score (nSPS) is 17.6. The molecule has 0 spiro atoms. The van der Waals surface area contributed by atoms with Crippen LogP contribution in [0.25, 0.3) is 10.2 Å². The zero-order valence-corrected chi connectivity index (χ0v) is 15.9. The van der Waals surface area contributed by atoms with Crippen molar-refractivity contribution in [3.05, 3.63) is 46.4 Å². The van der Waals surface area contributed by atoms with Crippen molar-refractivity contribution in [2.24, 2.45) is 5.92 Å². The first-order valence-corrected chi connectivity index (χ1v) is 10.5. The number of benzene rings is 1. The fourth-order valence-corrected chi connectivity index (χ4v) is 5.03. The maximum atomic E-state index is 13.4. The Hall–Kier alpha value is -1.99. The number of halogens is 1. The van der Waals surface area contributed by atoms with Gasteiger partial charge in [-0.1, -0.05) is 17.4 Å². The van der Waals surface area contributed by atoms with E-state index in [1.807, 2.05) is 6.07 Å². The number of hydrogen-bond donors (Lipinski definition) is 1. The molecule has 3 heterocycles. The molecule has 0 aliphatic carbocycles. The summed E-state index contributed by atoms with van der Waals surface area (Å²) in [5, 5.41) is 6.00. The van der Waals surface area contributed by atoms with E-state index in [1.54, 1.807) is 17.4 Å². The maximum absolute atomic E-state index is 13.4. The first-order chi connectivity index (χ1) is 12.7. The van der Waals surface area contributed by atoms with Crippen LogP contribution in [-0.2, 0) is 11.2 Å². The molecule has 1 fully saturated rings. The molecular formula is C19H20FN3OS2. The molecule has 1 atom stereocenters. The smallest absolute Gasteiger partial charge is 0.224 e. The molecule has 0 bridgehead atoms. The second-order valence-electron chi connectivity index (χ2n) is 6.51. The first-order valence-electron chi connectivity index (χ1n) is 8.80. The van der Waals surface area contributed by atoms with Gasteiger partial charge < -0.3 is 10.2 Å². The van der Waals surface area contributed by atoms with Crippen LogP contribution < -0.4 is 10.2 Å². The molecule has 7 heteroatoms. The maximum Gasteiger partial charge on any atom is 0.224 e. The molecule has 1 aromatic carbocycles. The van der Waals surface area contributed by atoms with Crippen molar-refractivity contribution in [2.75, 3.05) is 24.5 Å². The van der Waals surface area contributed by atoms with Gasteiger partial charge in [0.05, 0.1) is 16.1 Å². The molecule has 1 unspecified atom stereocenters. The number of thiazole rings is 1. The third-order valence-electron chi connectivity index (χ3n) is 4.65. The molecule has 136 valence electrons. The van der Waals surface area contributed by atoms with Crippen molar-refractivity contribution in [3.8, 4) is 0 Å². The summed E-state index contributed by atoms with van der Waals surface area (Å²) in [5.74, 6) is -0.136. The lowest BCUT2D eigenvalue weighted by atomic mass is 9.97. The Labute approximate surface area is 159 Å². The van der Waals surface area contributed by atoms with Crippen LogP contribution in [0.15, 0.2) is 35.7 Å². The van der Waals surface area contributed by atoms with Gasteiger partial charge in [-0.2, -0.15) is 0 Å². The van der Waals surface area contributed by atoms with E-state index in [0.29, 0.717) is 13.1 Å². The Morgan fingerprint density at radius 3 is 3.15 bits per heavy atom. The number of thiophene rings is 1. The fourth-order valence-electron chi connectivity index (χ4n) is 3.29. The Balaban J connectivity index is 1.37. The van der Waals surface area contributed by atoms with Crippen LogP contribution in [0, 0.1) is 11.7 Å². The van der Waals surface area contributed by atoms with Crippen LogP contribution in [0.4, 0.5) is 9.52 Å². The van der Waals surface area contributed by atoms with E-state index in [4.69, 9.17) is 0 Å². The molecule has 1 saturated heterocycles. The van der Waals surface area contributed by atoms with Crippen LogP contribution in [0.2, 0.25) is 0 Å². The molecule has 2 aromatic heterocycles. The molecule has 1 aliphatic rings. The number of hydrogen-bond acceptors (Lipinski definition) is 5. The molecule has 1 N–H and O–H groups in total. The van der Waals surface area contributed by atoms with E-state index >= 15 is 0 Å². The van der Waals surface area contributed by atoms with E-state index in [9.17, 15) is 9.18 Å². The lowest BCUT2D eigenvalue weighted by Gasteiger charge is -2.31. The summed E-state index contributed by atoms with van der Waals surface area (Å²) in [6.07, 6.45) is 2.75. The topological polar surface area (TPSA) is 45.2 Å². The molecule has 1 amide bonds. The van der Waals surface area contributed by atoms with Crippen molar-refractivity contribution in [3.63, 3.8) is 0 Å². The number of amides is 1. The number of rotatable bonds is 5. The highest BCUT2D eigenvalue weighted by molar-refractivity contribution is 7.22. The molecule has 3 aromatic rings. The SMILES string of the molecule is O=C(NCCc1cccs1)C1CCCN(c2nc3ccc(F)cc3s2)C1. The van der Waals surface area contributed by atoms with Gasteiger partial charge >= 0.3 is 0 Å². The summed E-state index contributed by atoms with van der Waals surface area (Å²) < 4.78 is 14.2. The van der Waals surface area contributed by atoms with Gasteiger partial charge in [-0.05, 0) is 48.9 Å². The third kappa shape index (κ3) is 3.88. The van der Waals surface area contributed by atoms with Crippen molar-refractivity contribution in [1.82, 2.24) is 10.3 Å². The van der Waals surface area contributed by atoms with Crippen LogP contribution >= 0.6 is 22.7 Å². The second-order valence-corrected chi connectivity index (χ2v) is 8.56. The van der Waals surface area contributed by atoms with Crippen molar-refractivity contribution >= 4 is 43.9 Å². The minimum absolute atomic E-state index is 0.0177. The van der Waals surface area contributed by atoms with Gasteiger partial charge in [-0.25, -0.2) is 9.37 Å². The predicted octanol–water partition coefficient (Wildman–Crippen LogP) is 4.07. The highest BCUT2D eigenvalue weighted by Gasteiger charge is 2.27. The third-order valence-corrected chi connectivity index (χ3v) is 6.67. The van der Waals surface area contributed by atoms with Crippen LogP contribution in [0.3, 0.4) is 0 Å². The van der Waals surface area contributed by atoms with Crippen LogP contribution in [-0.4, -0.2) is 30.5 Å². The average molecular weight is 390 g/mol. The van der Waals surface area contributed by atoms with Gasteiger partial charge in [0.1, 0.15) is 5.82 Å². The van der Waals surface area contributed by atoms with Gasteiger partial charge in [0, 0.05) is 24.5 Å². The van der Waals surface area contributed by atoms with E-state index in [0.717, 1.165) is 41.2 Å². The van der Waals surface area contributed by atoms with E-state index in [1.165, 1.54) is 28.3 Å². The quantitative estimate of drug-likeness (QED) is 0.715. The summed E-state index contributed by atoms with van der Waals surface area (Å²) in [7, 11) is 0. The van der Waals surface area contributed by atoms with Crippen LogP contribution in [0.1, 0.15) is 17.7 Å². The molecule has 1 aliphatic heterocycles. The van der Waals surface area contributed by atoms with Crippen LogP contribution in [0.5, 0.6) is 0 Å². The zero-order valence-electron chi connectivity index (χ0n) is 14.3. The minimum atomic E-state index is -0.241. The molecule has 4 nitrogen and oxygen atoms in total. The zero-order chi connectivity index (χ0) is 17.9. The summed E-state index contributed by atoms with van der Waals surface area (Å²) in [6.45, 7) is 2.24. The first kappa shape index (κ1) is 17.4. The van der Waals surface area contributed by atoms with Gasteiger partial charge in [0.2, 0.25) is 5.91 Å². The minimum Gasteiger partial charge on any atom is -0.355 e. The molecule has 0 radical (unpaired) electrons. The molecule has 0 saturated carbocycles. The highest BCUT2D eigenvalue weighted by atomic mass is 32.1. The number of nitrogens with zero attached hydrogens (tertiary/aromatic N) is 2. The average Bonchev–Trinajstić information content (AvgIpc) is 3.31. The van der Waals surface area contributed by atoms with Gasteiger partial charge in [-0.3, -0.25) is 4.79 Å². The molecular weight excluding hydrogens is 369 g/mol. The molecule has 26 heavy (non-hydrogen) atoms. The van der Waals surface area contributed by atoms with Crippen molar-refractivity contribution < 1.29 is 9.18 Å². The number of carbonyl (C=O) groups excluding carboxylic acids is 1. The van der Waals surface area contributed by atoms with Crippen molar-refractivity contribution in [1.29, 1.82) is 0 Å². The van der Waals surface area contributed by atoms with Gasteiger partial charge in [0.25, 0.3) is 0 Å². The number of piperidine rings is 1. The Bertz CT molecular complexity index is 893. The largest absolute Gasteiger partial charge is 0.355 e.